The minimum Gasteiger partial charge on any atom is -0.493 e. The number of nitrogens with one attached hydrogen (secondary N) is 2. The van der Waals surface area contributed by atoms with Crippen molar-refractivity contribution in [1.29, 1.82) is 0 Å². The summed E-state index contributed by atoms with van der Waals surface area (Å²) in [5, 5.41) is 2.14. The van der Waals surface area contributed by atoms with Gasteiger partial charge in [-0.05, 0) is 43.9 Å². The van der Waals surface area contributed by atoms with E-state index >= 15 is 0 Å². The lowest BCUT2D eigenvalue weighted by atomic mass is 9.92. The number of rotatable bonds is 3. The molecule has 4 nitrogen and oxygen atoms in total. The largest absolute Gasteiger partial charge is 0.493 e. The Bertz CT molecular complexity index is 763. The lowest BCUT2D eigenvalue weighted by Gasteiger charge is -2.17. The quantitative estimate of drug-likeness (QED) is 0.856. The van der Waals surface area contributed by atoms with Gasteiger partial charge in [0.15, 0.2) is 0 Å². The van der Waals surface area contributed by atoms with Crippen LogP contribution >= 0.6 is 0 Å². The highest BCUT2D eigenvalue weighted by atomic mass is 16.5. The molecule has 114 valence electrons. The zero-order valence-corrected chi connectivity index (χ0v) is 13.1. The minimum atomic E-state index is -0.392. The monoisotopic (exact) mass is 296 g/mol. The SMILES string of the molecule is CCOc1cccc2c(/C=C3\C(=O)NNC3(C)C)cccc12. The third-order valence-electron chi connectivity index (χ3n) is 3.92. The lowest BCUT2D eigenvalue weighted by Crippen LogP contribution is -2.38. The number of ether oxygens (including phenoxy) is 1. The normalized spacial score (nSPS) is 18.7. The third-order valence-corrected chi connectivity index (χ3v) is 3.92. The molecule has 0 unspecified atom stereocenters. The van der Waals surface area contributed by atoms with Crippen LogP contribution in [-0.4, -0.2) is 18.1 Å². The lowest BCUT2D eigenvalue weighted by molar-refractivity contribution is -0.116. The van der Waals surface area contributed by atoms with Crippen LogP contribution in [0.2, 0.25) is 0 Å². The Balaban J connectivity index is 2.16. The van der Waals surface area contributed by atoms with Gasteiger partial charge < -0.3 is 4.74 Å². The highest BCUT2D eigenvalue weighted by Gasteiger charge is 2.34. The van der Waals surface area contributed by atoms with Crippen LogP contribution < -0.4 is 15.6 Å². The first-order valence-corrected chi connectivity index (χ1v) is 7.47. The molecular formula is C18H20N2O2. The molecule has 3 rings (SSSR count). The summed E-state index contributed by atoms with van der Waals surface area (Å²) in [6.45, 7) is 6.56. The van der Waals surface area contributed by atoms with Crippen molar-refractivity contribution < 1.29 is 9.53 Å². The number of hydrogen-bond acceptors (Lipinski definition) is 3. The summed E-state index contributed by atoms with van der Waals surface area (Å²) in [6, 6.07) is 12.1. The number of hydrazine groups is 1. The van der Waals surface area contributed by atoms with Gasteiger partial charge >= 0.3 is 0 Å². The predicted octanol–water partition coefficient (Wildman–Crippen LogP) is 3.03. The molecule has 0 saturated carbocycles. The molecule has 22 heavy (non-hydrogen) atoms. The first kappa shape index (κ1) is 14.6. The number of hydrogen-bond donors (Lipinski definition) is 2. The van der Waals surface area contributed by atoms with E-state index in [1.165, 1.54) is 0 Å². The molecule has 0 atom stereocenters. The van der Waals surface area contributed by atoms with E-state index < -0.39 is 5.54 Å². The van der Waals surface area contributed by atoms with Crippen LogP contribution in [0, 0.1) is 0 Å². The molecule has 2 aromatic carbocycles. The van der Waals surface area contributed by atoms with E-state index in [2.05, 4.69) is 16.9 Å². The Labute approximate surface area is 130 Å². The summed E-state index contributed by atoms with van der Waals surface area (Å²) in [5.41, 5.74) is 7.03. The van der Waals surface area contributed by atoms with Crippen LogP contribution in [0.25, 0.3) is 16.8 Å². The van der Waals surface area contributed by atoms with Crippen molar-refractivity contribution in [3.05, 3.63) is 47.5 Å². The summed E-state index contributed by atoms with van der Waals surface area (Å²) in [6.07, 6.45) is 1.95. The van der Waals surface area contributed by atoms with Crippen molar-refractivity contribution in [3.63, 3.8) is 0 Å². The Morgan fingerprint density at radius 2 is 1.86 bits per heavy atom. The molecule has 1 fully saturated rings. The fourth-order valence-electron chi connectivity index (χ4n) is 2.75. The molecular weight excluding hydrogens is 276 g/mol. The summed E-state index contributed by atoms with van der Waals surface area (Å²) in [4.78, 5) is 12.0. The smallest absolute Gasteiger partial charge is 0.263 e. The maximum atomic E-state index is 12.0. The zero-order valence-electron chi connectivity index (χ0n) is 13.1. The van der Waals surface area contributed by atoms with E-state index in [1.807, 2.05) is 57.2 Å². The molecule has 2 N–H and O–H groups in total. The van der Waals surface area contributed by atoms with E-state index in [0.717, 1.165) is 27.7 Å². The molecule has 1 saturated heterocycles. The van der Waals surface area contributed by atoms with Gasteiger partial charge in [-0.15, -0.1) is 0 Å². The molecule has 2 aromatic rings. The van der Waals surface area contributed by atoms with Gasteiger partial charge in [0.1, 0.15) is 5.75 Å². The van der Waals surface area contributed by atoms with E-state index in [4.69, 9.17) is 4.74 Å². The van der Waals surface area contributed by atoms with E-state index in [0.29, 0.717) is 6.61 Å². The molecule has 0 bridgehead atoms. The summed E-state index contributed by atoms with van der Waals surface area (Å²) in [7, 11) is 0. The van der Waals surface area contributed by atoms with Gasteiger partial charge in [0.25, 0.3) is 5.91 Å². The topological polar surface area (TPSA) is 50.4 Å². The van der Waals surface area contributed by atoms with E-state index in [1.54, 1.807) is 0 Å². The molecule has 1 heterocycles. The molecule has 0 aliphatic carbocycles. The average molecular weight is 296 g/mol. The molecule has 1 amide bonds. The Morgan fingerprint density at radius 1 is 1.14 bits per heavy atom. The van der Waals surface area contributed by atoms with Crippen molar-refractivity contribution in [2.45, 2.75) is 26.3 Å². The van der Waals surface area contributed by atoms with Crippen LogP contribution in [0.5, 0.6) is 5.75 Å². The fraction of sp³-hybridized carbons (Fsp3) is 0.278. The molecule has 0 radical (unpaired) electrons. The first-order chi connectivity index (χ1) is 10.5. The summed E-state index contributed by atoms with van der Waals surface area (Å²) in [5.74, 6) is 0.788. The standard InChI is InChI=1S/C18H20N2O2/c1-4-22-16-10-6-8-13-12(7-5-9-14(13)16)11-15-17(21)19-20-18(15,2)3/h5-11,20H,4H2,1-3H3,(H,19,21)/b15-11+. The molecule has 1 aliphatic rings. The average Bonchev–Trinajstić information content (AvgIpc) is 2.75. The van der Waals surface area contributed by atoms with Gasteiger partial charge in [-0.3, -0.25) is 10.2 Å². The second-order valence-corrected chi connectivity index (χ2v) is 5.89. The van der Waals surface area contributed by atoms with Crippen molar-refractivity contribution in [2.75, 3.05) is 6.61 Å². The highest BCUT2D eigenvalue weighted by molar-refractivity contribution is 6.04. The summed E-state index contributed by atoms with van der Waals surface area (Å²) < 4.78 is 5.69. The molecule has 1 aliphatic heterocycles. The second-order valence-electron chi connectivity index (χ2n) is 5.89. The van der Waals surface area contributed by atoms with Crippen molar-refractivity contribution in [1.82, 2.24) is 10.9 Å². The maximum absolute atomic E-state index is 12.0. The number of benzene rings is 2. The fourth-order valence-corrected chi connectivity index (χ4v) is 2.75. The number of carbonyl (C=O) groups excluding carboxylic acids is 1. The van der Waals surface area contributed by atoms with Gasteiger partial charge in [-0.2, -0.15) is 0 Å². The van der Waals surface area contributed by atoms with E-state index in [-0.39, 0.29) is 5.91 Å². The molecule has 0 aromatic heterocycles. The predicted molar refractivity (Wildman–Crippen MR) is 88.5 cm³/mol. The third kappa shape index (κ3) is 2.46. The number of fused-ring (bicyclic) bond motifs is 1. The van der Waals surface area contributed by atoms with Gasteiger partial charge in [0.05, 0.1) is 12.1 Å². The van der Waals surface area contributed by atoms with Gasteiger partial charge in [-0.25, -0.2) is 5.43 Å². The van der Waals surface area contributed by atoms with Crippen molar-refractivity contribution in [3.8, 4) is 5.75 Å². The van der Waals surface area contributed by atoms with Crippen LogP contribution in [0.3, 0.4) is 0 Å². The minimum absolute atomic E-state index is 0.0806. The summed E-state index contributed by atoms with van der Waals surface area (Å²) >= 11 is 0. The van der Waals surface area contributed by atoms with Crippen LogP contribution in [-0.2, 0) is 4.79 Å². The molecule has 0 spiro atoms. The zero-order chi connectivity index (χ0) is 15.7. The Morgan fingerprint density at radius 3 is 2.55 bits per heavy atom. The Kier molecular flexibility index (Phi) is 3.62. The number of amides is 1. The number of carbonyl (C=O) groups is 1. The van der Waals surface area contributed by atoms with Gasteiger partial charge in [0, 0.05) is 11.0 Å². The van der Waals surface area contributed by atoms with Gasteiger partial charge in [0.2, 0.25) is 0 Å². The first-order valence-electron chi connectivity index (χ1n) is 7.47. The van der Waals surface area contributed by atoms with E-state index in [9.17, 15) is 4.79 Å². The van der Waals surface area contributed by atoms with Crippen LogP contribution in [0.4, 0.5) is 0 Å². The Hall–Kier alpha value is -2.33. The highest BCUT2D eigenvalue weighted by Crippen LogP contribution is 2.31. The second kappa shape index (κ2) is 5.46. The van der Waals surface area contributed by atoms with Gasteiger partial charge in [-0.1, -0.05) is 30.3 Å². The molecule has 4 heteroatoms. The maximum Gasteiger partial charge on any atom is 0.263 e. The van der Waals surface area contributed by atoms with Crippen LogP contribution in [0.15, 0.2) is 42.0 Å². The van der Waals surface area contributed by atoms with Crippen molar-refractivity contribution >= 4 is 22.8 Å². The van der Waals surface area contributed by atoms with Crippen molar-refractivity contribution in [2.24, 2.45) is 0 Å². The van der Waals surface area contributed by atoms with Crippen LogP contribution in [0.1, 0.15) is 26.3 Å².